The number of halogens is 3. The number of hydrogen-bond acceptors (Lipinski definition) is 3. The molecule has 7 heteroatoms. The Labute approximate surface area is 210 Å². The predicted octanol–water partition coefficient (Wildman–Crippen LogP) is 7.50. The van der Waals surface area contributed by atoms with Gasteiger partial charge < -0.3 is 9.84 Å². The standard InChI is InChI=1S/C23H17Br2IO3S/c24-19-7-3-1-5-17(19)16(18-6-2-4-8-20(18)25)11-12-30-22-10-9-15(13-21(22)26)29-14-23(27)28/h1-11,13H,12,14H2,(H,27,28). The topological polar surface area (TPSA) is 46.5 Å². The summed E-state index contributed by atoms with van der Waals surface area (Å²) >= 11 is 11.3. The van der Waals surface area contributed by atoms with Crippen molar-refractivity contribution in [3.63, 3.8) is 0 Å². The van der Waals surface area contributed by atoms with Crippen LogP contribution in [0.4, 0.5) is 0 Å². The van der Waals surface area contributed by atoms with Gasteiger partial charge in [0.2, 0.25) is 0 Å². The third-order valence-corrected chi connectivity index (χ3v) is 7.76. The molecule has 0 saturated heterocycles. The van der Waals surface area contributed by atoms with Crippen LogP contribution in [0.1, 0.15) is 11.1 Å². The minimum atomic E-state index is -0.986. The Kier molecular flexibility index (Phi) is 8.85. The van der Waals surface area contributed by atoms with Crippen molar-refractivity contribution in [3.8, 4) is 5.75 Å². The van der Waals surface area contributed by atoms with E-state index in [1.165, 1.54) is 0 Å². The van der Waals surface area contributed by atoms with E-state index in [1.807, 2.05) is 48.5 Å². The second-order valence-corrected chi connectivity index (χ2v) is 10.1. The first-order valence-corrected chi connectivity index (χ1v) is 12.6. The van der Waals surface area contributed by atoms with Crippen LogP contribution in [0.15, 0.2) is 86.6 Å². The molecule has 1 N–H and O–H groups in total. The second-order valence-electron chi connectivity index (χ2n) is 6.16. The molecule has 3 rings (SSSR count). The number of ether oxygens (including phenoxy) is 1. The van der Waals surface area contributed by atoms with Gasteiger partial charge in [-0.05, 0) is 69.6 Å². The third kappa shape index (κ3) is 6.35. The quantitative estimate of drug-likeness (QED) is 0.201. The molecule has 3 aromatic rings. The molecule has 3 nitrogen and oxygen atoms in total. The fourth-order valence-electron chi connectivity index (χ4n) is 2.77. The van der Waals surface area contributed by atoms with Gasteiger partial charge in [-0.3, -0.25) is 0 Å². The largest absolute Gasteiger partial charge is 0.482 e. The maximum absolute atomic E-state index is 10.7. The summed E-state index contributed by atoms with van der Waals surface area (Å²) in [5.41, 5.74) is 3.42. The van der Waals surface area contributed by atoms with Crippen molar-refractivity contribution in [1.82, 2.24) is 0 Å². The lowest BCUT2D eigenvalue weighted by Crippen LogP contribution is -2.09. The van der Waals surface area contributed by atoms with E-state index < -0.39 is 5.97 Å². The molecule has 0 saturated carbocycles. The molecule has 0 fully saturated rings. The van der Waals surface area contributed by atoms with E-state index in [-0.39, 0.29) is 6.61 Å². The van der Waals surface area contributed by atoms with Crippen LogP contribution in [0.3, 0.4) is 0 Å². The van der Waals surface area contributed by atoms with Gasteiger partial charge >= 0.3 is 5.97 Å². The van der Waals surface area contributed by atoms with Crippen molar-refractivity contribution < 1.29 is 14.6 Å². The van der Waals surface area contributed by atoms with E-state index in [2.05, 4.69) is 72.7 Å². The Morgan fingerprint density at radius 1 is 1.00 bits per heavy atom. The van der Waals surface area contributed by atoms with Crippen LogP contribution < -0.4 is 4.74 Å². The zero-order valence-electron chi connectivity index (χ0n) is 15.6. The number of carboxylic acid groups (broad SMARTS) is 1. The summed E-state index contributed by atoms with van der Waals surface area (Å²) in [6, 6.07) is 22.0. The molecule has 0 unspecified atom stereocenters. The molecule has 0 spiro atoms. The summed E-state index contributed by atoms with van der Waals surface area (Å²) in [6.45, 7) is -0.341. The first-order chi connectivity index (χ1) is 14.5. The van der Waals surface area contributed by atoms with E-state index in [4.69, 9.17) is 9.84 Å². The number of carboxylic acids is 1. The van der Waals surface area contributed by atoms with Crippen molar-refractivity contribution in [2.75, 3.05) is 12.4 Å². The summed E-state index contributed by atoms with van der Waals surface area (Å²) in [7, 11) is 0. The number of benzene rings is 3. The minimum Gasteiger partial charge on any atom is -0.482 e. The van der Waals surface area contributed by atoms with Gasteiger partial charge in [0.15, 0.2) is 6.61 Å². The smallest absolute Gasteiger partial charge is 0.341 e. The average Bonchev–Trinajstić information content (AvgIpc) is 2.72. The first kappa shape index (κ1) is 23.4. The van der Waals surface area contributed by atoms with Crippen LogP contribution in [-0.2, 0) is 4.79 Å². The Hall–Kier alpha value is -1.29. The zero-order chi connectivity index (χ0) is 21.5. The maximum atomic E-state index is 10.7. The van der Waals surface area contributed by atoms with Gasteiger partial charge in [-0.25, -0.2) is 4.79 Å². The maximum Gasteiger partial charge on any atom is 0.341 e. The number of hydrogen-bond donors (Lipinski definition) is 1. The average molecular weight is 660 g/mol. The fourth-order valence-corrected chi connectivity index (χ4v) is 5.51. The Bertz CT molecular complexity index is 1040. The molecule has 0 aliphatic heterocycles. The third-order valence-electron chi connectivity index (χ3n) is 4.12. The van der Waals surface area contributed by atoms with E-state index in [0.29, 0.717) is 5.75 Å². The first-order valence-electron chi connectivity index (χ1n) is 8.92. The molecule has 154 valence electrons. The number of thioether (sulfide) groups is 1. The van der Waals surface area contributed by atoms with Gasteiger partial charge in [-0.15, -0.1) is 11.8 Å². The van der Waals surface area contributed by atoms with Gasteiger partial charge in [-0.1, -0.05) is 74.3 Å². The molecule has 0 amide bonds. The van der Waals surface area contributed by atoms with Gasteiger partial charge in [0, 0.05) is 23.2 Å². The van der Waals surface area contributed by atoms with E-state index >= 15 is 0 Å². The van der Waals surface area contributed by atoms with Gasteiger partial charge in [-0.2, -0.15) is 0 Å². The summed E-state index contributed by atoms with van der Waals surface area (Å²) < 4.78 is 8.37. The normalized spacial score (nSPS) is 10.5. The van der Waals surface area contributed by atoms with Crippen molar-refractivity contribution in [2.24, 2.45) is 0 Å². The molecule has 0 atom stereocenters. The summed E-state index contributed by atoms with van der Waals surface area (Å²) in [5.74, 6) is 0.354. The van der Waals surface area contributed by atoms with Crippen LogP contribution in [0.5, 0.6) is 5.75 Å². The summed E-state index contributed by atoms with van der Waals surface area (Å²) in [6.07, 6.45) is 2.23. The molecule has 0 aliphatic carbocycles. The molecule has 0 bridgehead atoms. The zero-order valence-corrected chi connectivity index (χ0v) is 21.8. The van der Waals surface area contributed by atoms with Crippen LogP contribution in [0.25, 0.3) is 5.57 Å². The highest BCUT2D eigenvalue weighted by Crippen LogP contribution is 2.35. The number of rotatable bonds is 8. The van der Waals surface area contributed by atoms with E-state index in [9.17, 15) is 4.79 Å². The molecule has 0 aromatic heterocycles. The molecule has 0 aliphatic rings. The van der Waals surface area contributed by atoms with E-state index in [0.717, 1.165) is 39.9 Å². The minimum absolute atomic E-state index is 0.341. The molecule has 30 heavy (non-hydrogen) atoms. The Balaban J connectivity index is 1.83. The molecular weight excluding hydrogens is 643 g/mol. The highest BCUT2D eigenvalue weighted by molar-refractivity contribution is 14.1. The lowest BCUT2D eigenvalue weighted by molar-refractivity contribution is -0.139. The molecule has 0 radical (unpaired) electrons. The van der Waals surface area contributed by atoms with Crippen LogP contribution in [-0.4, -0.2) is 23.4 Å². The van der Waals surface area contributed by atoms with Crippen LogP contribution in [0, 0.1) is 3.57 Å². The van der Waals surface area contributed by atoms with Crippen molar-refractivity contribution >= 4 is 77.8 Å². The second kappa shape index (κ2) is 11.4. The lowest BCUT2D eigenvalue weighted by Gasteiger charge is -2.13. The Morgan fingerprint density at radius 2 is 1.60 bits per heavy atom. The highest BCUT2D eigenvalue weighted by Gasteiger charge is 2.11. The summed E-state index contributed by atoms with van der Waals surface area (Å²) in [4.78, 5) is 11.8. The van der Waals surface area contributed by atoms with Gasteiger partial charge in [0.05, 0.1) is 0 Å². The monoisotopic (exact) mass is 658 g/mol. The van der Waals surface area contributed by atoms with Gasteiger partial charge in [0.1, 0.15) is 5.75 Å². The highest BCUT2D eigenvalue weighted by atomic mass is 127. The fraction of sp³-hybridized carbons (Fsp3) is 0.0870. The molecule has 0 heterocycles. The SMILES string of the molecule is O=C(O)COc1ccc(SCC=C(c2ccccc2Br)c2ccccc2Br)c(I)c1. The van der Waals surface area contributed by atoms with Crippen molar-refractivity contribution in [3.05, 3.63) is 96.4 Å². The number of carbonyl (C=O) groups is 1. The summed E-state index contributed by atoms with van der Waals surface area (Å²) in [5, 5.41) is 8.75. The van der Waals surface area contributed by atoms with Crippen molar-refractivity contribution in [1.29, 1.82) is 0 Å². The van der Waals surface area contributed by atoms with Crippen molar-refractivity contribution in [2.45, 2.75) is 4.90 Å². The van der Waals surface area contributed by atoms with Gasteiger partial charge in [0.25, 0.3) is 0 Å². The molecule has 3 aromatic carbocycles. The van der Waals surface area contributed by atoms with Crippen LogP contribution >= 0.6 is 66.2 Å². The van der Waals surface area contributed by atoms with Crippen LogP contribution in [0.2, 0.25) is 0 Å². The number of aliphatic carboxylic acids is 1. The Morgan fingerprint density at radius 3 is 2.13 bits per heavy atom. The predicted molar refractivity (Wildman–Crippen MR) is 138 cm³/mol. The molecular formula is C23H17Br2IO3S. The lowest BCUT2D eigenvalue weighted by atomic mass is 9.98. The van der Waals surface area contributed by atoms with E-state index in [1.54, 1.807) is 17.8 Å².